The molecule has 0 aliphatic carbocycles. The predicted molar refractivity (Wildman–Crippen MR) is 80.2 cm³/mol. The minimum atomic E-state index is 0.105. The van der Waals surface area contributed by atoms with Gasteiger partial charge < -0.3 is 16.0 Å². The third-order valence-corrected chi connectivity index (χ3v) is 3.04. The van der Waals surface area contributed by atoms with Crippen LogP contribution in [0, 0.1) is 0 Å². The number of hydrogen-bond donors (Lipinski definition) is 2. The van der Waals surface area contributed by atoms with E-state index in [1.54, 1.807) is 0 Å². The monoisotopic (exact) mass is 263 g/mol. The maximum absolute atomic E-state index is 11.4. The van der Waals surface area contributed by atoms with E-state index >= 15 is 0 Å². The SMILES string of the molecule is CCN(CCCNC(=O)CCCN)c1ccccc1. The molecule has 0 spiro atoms. The lowest BCUT2D eigenvalue weighted by Crippen LogP contribution is -2.30. The van der Waals surface area contributed by atoms with Gasteiger partial charge in [-0.05, 0) is 38.4 Å². The quantitative estimate of drug-likeness (QED) is 0.667. The molecule has 0 bridgehead atoms. The van der Waals surface area contributed by atoms with Crippen molar-refractivity contribution in [3.63, 3.8) is 0 Å². The van der Waals surface area contributed by atoms with Gasteiger partial charge in [0.15, 0.2) is 0 Å². The molecule has 0 unspecified atom stereocenters. The molecule has 0 aliphatic heterocycles. The average molecular weight is 263 g/mol. The van der Waals surface area contributed by atoms with Crippen LogP contribution < -0.4 is 16.0 Å². The van der Waals surface area contributed by atoms with Gasteiger partial charge in [-0.3, -0.25) is 4.79 Å². The Hall–Kier alpha value is -1.55. The van der Waals surface area contributed by atoms with Gasteiger partial charge in [-0.25, -0.2) is 0 Å². The van der Waals surface area contributed by atoms with Gasteiger partial charge in [0.1, 0.15) is 0 Å². The molecule has 0 aliphatic rings. The van der Waals surface area contributed by atoms with Crippen LogP contribution in [-0.4, -0.2) is 32.1 Å². The number of hydrogen-bond acceptors (Lipinski definition) is 3. The fourth-order valence-corrected chi connectivity index (χ4v) is 1.96. The van der Waals surface area contributed by atoms with Crippen LogP contribution in [-0.2, 0) is 4.79 Å². The second kappa shape index (κ2) is 9.39. The molecule has 0 heterocycles. The number of rotatable bonds is 9. The van der Waals surface area contributed by atoms with Gasteiger partial charge in [-0.2, -0.15) is 0 Å². The van der Waals surface area contributed by atoms with E-state index in [0.29, 0.717) is 13.0 Å². The van der Waals surface area contributed by atoms with Gasteiger partial charge in [0, 0.05) is 31.7 Å². The van der Waals surface area contributed by atoms with Crippen molar-refractivity contribution in [3.05, 3.63) is 30.3 Å². The van der Waals surface area contributed by atoms with E-state index < -0.39 is 0 Å². The number of carbonyl (C=O) groups excluding carboxylic acids is 1. The minimum Gasteiger partial charge on any atom is -0.372 e. The molecule has 1 rings (SSSR count). The molecule has 19 heavy (non-hydrogen) atoms. The molecule has 0 radical (unpaired) electrons. The number of nitrogens with zero attached hydrogens (tertiary/aromatic N) is 1. The lowest BCUT2D eigenvalue weighted by molar-refractivity contribution is -0.121. The summed E-state index contributed by atoms with van der Waals surface area (Å²) in [4.78, 5) is 13.7. The Balaban J connectivity index is 2.22. The van der Waals surface area contributed by atoms with Crippen LogP contribution >= 0.6 is 0 Å². The van der Waals surface area contributed by atoms with Crippen molar-refractivity contribution in [2.45, 2.75) is 26.2 Å². The van der Waals surface area contributed by atoms with Crippen molar-refractivity contribution in [2.75, 3.05) is 31.1 Å². The molecule has 0 aromatic heterocycles. The molecule has 4 nitrogen and oxygen atoms in total. The number of nitrogens with one attached hydrogen (secondary N) is 1. The van der Waals surface area contributed by atoms with Gasteiger partial charge in [-0.15, -0.1) is 0 Å². The molecule has 106 valence electrons. The third-order valence-electron chi connectivity index (χ3n) is 3.04. The maximum atomic E-state index is 11.4. The van der Waals surface area contributed by atoms with E-state index in [1.807, 2.05) is 18.2 Å². The molecule has 3 N–H and O–H groups in total. The fourth-order valence-electron chi connectivity index (χ4n) is 1.96. The average Bonchev–Trinajstić information content (AvgIpc) is 2.46. The Kier molecular flexibility index (Phi) is 7.66. The minimum absolute atomic E-state index is 0.105. The normalized spacial score (nSPS) is 10.2. The van der Waals surface area contributed by atoms with E-state index in [9.17, 15) is 4.79 Å². The van der Waals surface area contributed by atoms with Crippen LogP contribution in [0.3, 0.4) is 0 Å². The van der Waals surface area contributed by atoms with Crippen LogP contribution in [0.2, 0.25) is 0 Å². The highest BCUT2D eigenvalue weighted by atomic mass is 16.1. The van der Waals surface area contributed by atoms with Gasteiger partial charge in [0.05, 0.1) is 0 Å². The Morgan fingerprint density at radius 3 is 2.63 bits per heavy atom. The molecular formula is C15H25N3O. The molecule has 4 heteroatoms. The molecular weight excluding hydrogens is 238 g/mol. The Labute approximate surface area is 116 Å². The number of carbonyl (C=O) groups is 1. The maximum Gasteiger partial charge on any atom is 0.220 e. The first-order valence-corrected chi connectivity index (χ1v) is 7.04. The van der Waals surface area contributed by atoms with Crippen molar-refractivity contribution >= 4 is 11.6 Å². The number of anilines is 1. The molecule has 0 saturated heterocycles. The number of para-hydroxylation sites is 1. The summed E-state index contributed by atoms with van der Waals surface area (Å²) < 4.78 is 0. The molecule has 1 amide bonds. The topological polar surface area (TPSA) is 58.4 Å². The summed E-state index contributed by atoms with van der Waals surface area (Å²) in [5.41, 5.74) is 6.60. The lowest BCUT2D eigenvalue weighted by Gasteiger charge is -2.23. The van der Waals surface area contributed by atoms with Gasteiger partial charge in [-0.1, -0.05) is 18.2 Å². The zero-order valence-corrected chi connectivity index (χ0v) is 11.8. The van der Waals surface area contributed by atoms with E-state index in [4.69, 9.17) is 5.73 Å². The summed E-state index contributed by atoms with van der Waals surface area (Å²) in [5, 5.41) is 2.93. The second-order valence-corrected chi connectivity index (χ2v) is 4.51. The molecule has 0 atom stereocenters. The van der Waals surface area contributed by atoms with Gasteiger partial charge in [0.25, 0.3) is 0 Å². The van der Waals surface area contributed by atoms with Crippen molar-refractivity contribution < 1.29 is 4.79 Å². The number of nitrogens with two attached hydrogens (primary N) is 1. The van der Waals surface area contributed by atoms with E-state index in [1.165, 1.54) is 5.69 Å². The Morgan fingerprint density at radius 2 is 2.00 bits per heavy atom. The van der Waals surface area contributed by atoms with Crippen LogP contribution in [0.1, 0.15) is 26.2 Å². The van der Waals surface area contributed by atoms with E-state index in [2.05, 4.69) is 29.3 Å². The predicted octanol–water partition coefficient (Wildman–Crippen LogP) is 1.76. The summed E-state index contributed by atoms with van der Waals surface area (Å²) in [6.07, 6.45) is 2.25. The van der Waals surface area contributed by atoms with Crippen LogP contribution in [0.15, 0.2) is 30.3 Å². The van der Waals surface area contributed by atoms with Crippen molar-refractivity contribution in [1.82, 2.24) is 5.32 Å². The summed E-state index contributed by atoms with van der Waals surface area (Å²) in [5.74, 6) is 0.105. The zero-order valence-electron chi connectivity index (χ0n) is 11.8. The summed E-state index contributed by atoms with van der Waals surface area (Å²) in [6, 6.07) is 10.3. The molecule has 0 saturated carbocycles. The second-order valence-electron chi connectivity index (χ2n) is 4.51. The zero-order chi connectivity index (χ0) is 13.9. The van der Waals surface area contributed by atoms with Crippen molar-refractivity contribution in [2.24, 2.45) is 5.73 Å². The number of benzene rings is 1. The Bertz CT molecular complexity index is 354. The first kappa shape index (κ1) is 15.5. The van der Waals surface area contributed by atoms with E-state index in [0.717, 1.165) is 32.5 Å². The van der Waals surface area contributed by atoms with Crippen molar-refractivity contribution in [1.29, 1.82) is 0 Å². The fraction of sp³-hybridized carbons (Fsp3) is 0.533. The van der Waals surface area contributed by atoms with E-state index in [-0.39, 0.29) is 5.91 Å². The largest absolute Gasteiger partial charge is 0.372 e. The smallest absolute Gasteiger partial charge is 0.220 e. The highest BCUT2D eigenvalue weighted by molar-refractivity contribution is 5.75. The van der Waals surface area contributed by atoms with Crippen LogP contribution in [0.5, 0.6) is 0 Å². The standard InChI is InChI=1S/C15H25N3O/c1-2-18(14-8-4-3-5-9-14)13-7-12-17-15(19)10-6-11-16/h3-5,8-9H,2,6-7,10-13,16H2,1H3,(H,17,19). The first-order valence-electron chi connectivity index (χ1n) is 7.04. The summed E-state index contributed by atoms with van der Waals surface area (Å²) in [6.45, 7) is 5.38. The molecule has 0 fully saturated rings. The number of amides is 1. The van der Waals surface area contributed by atoms with Gasteiger partial charge >= 0.3 is 0 Å². The lowest BCUT2D eigenvalue weighted by atomic mass is 10.2. The summed E-state index contributed by atoms with van der Waals surface area (Å²) in [7, 11) is 0. The highest BCUT2D eigenvalue weighted by Gasteiger charge is 2.04. The third kappa shape index (κ3) is 6.25. The van der Waals surface area contributed by atoms with Crippen molar-refractivity contribution in [3.8, 4) is 0 Å². The molecule has 1 aromatic rings. The Morgan fingerprint density at radius 1 is 1.26 bits per heavy atom. The van der Waals surface area contributed by atoms with Crippen LogP contribution in [0.4, 0.5) is 5.69 Å². The first-order chi connectivity index (χ1) is 9.27. The van der Waals surface area contributed by atoms with Gasteiger partial charge in [0.2, 0.25) is 5.91 Å². The summed E-state index contributed by atoms with van der Waals surface area (Å²) >= 11 is 0. The molecule has 1 aromatic carbocycles. The van der Waals surface area contributed by atoms with Crippen LogP contribution in [0.25, 0.3) is 0 Å². The highest BCUT2D eigenvalue weighted by Crippen LogP contribution is 2.12.